The molecule has 0 N–H and O–H groups in total. The van der Waals surface area contributed by atoms with Crippen LogP contribution in [0.25, 0.3) is 0 Å². The van der Waals surface area contributed by atoms with Gasteiger partial charge in [0, 0.05) is 0 Å². The molecule has 0 unspecified atom stereocenters. The number of nitrogens with zero attached hydrogens (tertiary/aromatic N) is 1. The topological polar surface area (TPSA) is 23.8 Å². The second kappa shape index (κ2) is 12.7. The lowest BCUT2D eigenvalue weighted by Gasteiger charge is -2.35. The van der Waals surface area contributed by atoms with E-state index in [1.54, 1.807) is 0 Å². The van der Waals surface area contributed by atoms with Crippen LogP contribution in [0.5, 0.6) is 0 Å². The SMILES string of the molecule is CCCCCC1(C#N)CCC(c2ccc(CCC3CCC(CCCC)CC3)cc2)CC1. The number of rotatable bonds is 11. The molecule has 0 heterocycles. The molecule has 0 aromatic heterocycles. The Kier molecular flexibility index (Phi) is 9.95. The highest BCUT2D eigenvalue weighted by Gasteiger charge is 2.35. The van der Waals surface area contributed by atoms with Gasteiger partial charge in [0.15, 0.2) is 0 Å². The van der Waals surface area contributed by atoms with Crippen LogP contribution in [0.2, 0.25) is 0 Å². The highest BCUT2D eigenvalue weighted by atomic mass is 14.4. The van der Waals surface area contributed by atoms with Crippen molar-refractivity contribution in [3.63, 3.8) is 0 Å². The summed E-state index contributed by atoms with van der Waals surface area (Å²) >= 11 is 0. The molecule has 0 atom stereocenters. The minimum atomic E-state index is -0.0266. The van der Waals surface area contributed by atoms with Crippen LogP contribution in [-0.4, -0.2) is 0 Å². The van der Waals surface area contributed by atoms with Crippen molar-refractivity contribution >= 4 is 0 Å². The van der Waals surface area contributed by atoms with Gasteiger partial charge in [-0.05, 0) is 73.8 Å². The zero-order valence-electron chi connectivity index (χ0n) is 20.5. The smallest absolute Gasteiger partial charge is 0.0689 e. The molecule has 172 valence electrons. The molecule has 2 aliphatic carbocycles. The van der Waals surface area contributed by atoms with Crippen molar-refractivity contribution in [2.24, 2.45) is 17.3 Å². The molecule has 1 aromatic rings. The maximum Gasteiger partial charge on any atom is 0.0689 e. The van der Waals surface area contributed by atoms with Crippen molar-refractivity contribution in [2.45, 2.75) is 129 Å². The quantitative estimate of drug-likeness (QED) is 0.326. The first-order chi connectivity index (χ1) is 15.2. The van der Waals surface area contributed by atoms with Gasteiger partial charge in [0.05, 0.1) is 11.5 Å². The van der Waals surface area contributed by atoms with Crippen LogP contribution in [0.4, 0.5) is 0 Å². The number of hydrogen-bond acceptors (Lipinski definition) is 1. The third kappa shape index (κ3) is 7.37. The highest BCUT2D eigenvalue weighted by molar-refractivity contribution is 5.26. The number of nitriles is 1. The van der Waals surface area contributed by atoms with E-state index in [1.807, 2.05) is 0 Å². The van der Waals surface area contributed by atoms with Crippen molar-refractivity contribution in [2.75, 3.05) is 0 Å². The minimum Gasteiger partial charge on any atom is -0.198 e. The Morgan fingerprint density at radius 2 is 1.42 bits per heavy atom. The van der Waals surface area contributed by atoms with E-state index in [-0.39, 0.29) is 5.41 Å². The van der Waals surface area contributed by atoms with E-state index >= 15 is 0 Å². The largest absolute Gasteiger partial charge is 0.198 e. The van der Waals surface area contributed by atoms with E-state index in [0.29, 0.717) is 5.92 Å². The van der Waals surface area contributed by atoms with Gasteiger partial charge in [-0.15, -0.1) is 0 Å². The van der Waals surface area contributed by atoms with Gasteiger partial charge in [0.1, 0.15) is 0 Å². The second-order valence-electron chi connectivity index (χ2n) is 10.9. The Bertz CT molecular complexity index is 651. The maximum absolute atomic E-state index is 9.80. The summed E-state index contributed by atoms with van der Waals surface area (Å²) in [6, 6.07) is 12.3. The van der Waals surface area contributed by atoms with E-state index in [2.05, 4.69) is 44.2 Å². The average Bonchev–Trinajstić information content (AvgIpc) is 2.83. The lowest BCUT2D eigenvalue weighted by atomic mass is 9.67. The normalized spacial score (nSPS) is 28.9. The summed E-state index contributed by atoms with van der Waals surface area (Å²) in [5.74, 6) is 2.65. The Balaban J connectivity index is 1.40. The molecule has 0 bridgehead atoms. The first-order valence-electron chi connectivity index (χ1n) is 13.7. The van der Waals surface area contributed by atoms with Crippen LogP contribution >= 0.6 is 0 Å². The minimum absolute atomic E-state index is 0.0266. The van der Waals surface area contributed by atoms with E-state index < -0.39 is 0 Å². The van der Waals surface area contributed by atoms with Gasteiger partial charge in [-0.1, -0.05) is 102 Å². The van der Waals surface area contributed by atoms with Gasteiger partial charge in [0.25, 0.3) is 0 Å². The molecular weight excluding hydrogens is 374 g/mol. The van der Waals surface area contributed by atoms with Crippen molar-refractivity contribution < 1.29 is 0 Å². The molecule has 2 saturated carbocycles. The molecule has 2 fully saturated rings. The molecule has 0 spiro atoms. The van der Waals surface area contributed by atoms with Crippen LogP contribution in [0.15, 0.2) is 24.3 Å². The molecule has 2 aliphatic rings. The first kappa shape index (κ1) is 24.4. The summed E-state index contributed by atoms with van der Waals surface area (Å²) < 4.78 is 0. The van der Waals surface area contributed by atoms with Crippen molar-refractivity contribution in [1.82, 2.24) is 0 Å². The molecular formula is C30H47N. The van der Waals surface area contributed by atoms with E-state index in [0.717, 1.165) is 31.1 Å². The number of benzene rings is 1. The van der Waals surface area contributed by atoms with Crippen LogP contribution < -0.4 is 0 Å². The fraction of sp³-hybridized carbons (Fsp3) is 0.767. The van der Waals surface area contributed by atoms with Gasteiger partial charge in [-0.25, -0.2) is 0 Å². The van der Waals surface area contributed by atoms with Crippen LogP contribution in [0, 0.1) is 28.6 Å². The summed E-state index contributed by atoms with van der Waals surface area (Å²) in [5, 5.41) is 9.80. The Morgan fingerprint density at radius 1 is 0.806 bits per heavy atom. The van der Waals surface area contributed by atoms with Crippen LogP contribution in [0.3, 0.4) is 0 Å². The molecule has 0 amide bonds. The Morgan fingerprint density at radius 3 is 2.00 bits per heavy atom. The third-order valence-corrected chi connectivity index (χ3v) is 8.66. The molecule has 0 radical (unpaired) electrons. The van der Waals surface area contributed by atoms with Crippen molar-refractivity contribution in [1.29, 1.82) is 5.26 Å². The molecule has 3 rings (SSSR count). The second-order valence-corrected chi connectivity index (χ2v) is 10.9. The van der Waals surface area contributed by atoms with E-state index in [9.17, 15) is 5.26 Å². The maximum atomic E-state index is 9.80. The highest BCUT2D eigenvalue weighted by Crippen LogP contribution is 2.45. The number of unbranched alkanes of at least 4 members (excludes halogenated alkanes) is 3. The lowest BCUT2D eigenvalue weighted by molar-refractivity contribution is 0.223. The van der Waals surface area contributed by atoms with E-state index in [4.69, 9.17) is 0 Å². The van der Waals surface area contributed by atoms with Gasteiger partial charge < -0.3 is 0 Å². The van der Waals surface area contributed by atoms with Gasteiger partial charge in [-0.3, -0.25) is 0 Å². The summed E-state index contributed by atoms with van der Waals surface area (Å²) in [7, 11) is 0. The number of hydrogen-bond donors (Lipinski definition) is 0. The Hall–Kier alpha value is -1.29. The Labute approximate surface area is 193 Å². The zero-order valence-corrected chi connectivity index (χ0v) is 20.5. The molecule has 1 nitrogen and oxygen atoms in total. The average molecular weight is 422 g/mol. The molecule has 31 heavy (non-hydrogen) atoms. The summed E-state index contributed by atoms with van der Waals surface area (Å²) in [6.07, 6.45) is 22.2. The predicted molar refractivity (Wildman–Crippen MR) is 133 cm³/mol. The lowest BCUT2D eigenvalue weighted by Crippen LogP contribution is -2.25. The fourth-order valence-corrected chi connectivity index (χ4v) is 6.26. The first-order valence-corrected chi connectivity index (χ1v) is 13.7. The predicted octanol–water partition coefficient (Wildman–Crippen LogP) is 9.36. The summed E-state index contributed by atoms with van der Waals surface area (Å²) in [6.45, 7) is 4.57. The van der Waals surface area contributed by atoms with Crippen molar-refractivity contribution in [3.8, 4) is 6.07 Å². The van der Waals surface area contributed by atoms with Crippen LogP contribution in [0.1, 0.15) is 134 Å². The van der Waals surface area contributed by atoms with Gasteiger partial charge >= 0.3 is 0 Å². The molecule has 1 aromatic carbocycles. The molecule has 1 heteroatoms. The monoisotopic (exact) mass is 421 g/mol. The summed E-state index contributed by atoms with van der Waals surface area (Å²) in [5.41, 5.74) is 3.01. The molecule has 0 saturated heterocycles. The van der Waals surface area contributed by atoms with Gasteiger partial charge in [-0.2, -0.15) is 5.26 Å². The molecule has 0 aliphatic heterocycles. The van der Waals surface area contributed by atoms with Gasteiger partial charge in [0.2, 0.25) is 0 Å². The van der Waals surface area contributed by atoms with Crippen molar-refractivity contribution in [3.05, 3.63) is 35.4 Å². The standard InChI is InChI=1S/C30H47N/c1-3-5-7-21-30(24-31)22-19-29(20-23-30)28-17-15-27(16-18-28)14-13-26-11-9-25(10-12-26)8-6-4-2/h15-18,25-26,29H,3-14,19-23H2,1-2H3. The summed E-state index contributed by atoms with van der Waals surface area (Å²) in [4.78, 5) is 0. The third-order valence-electron chi connectivity index (χ3n) is 8.66. The number of aryl methyl sites for hydroxylation is 1. The fourth-order valence-electron chi connectivity index (χ4n) is 6.26. The van der Waals surface area contributed by atoms with E-state index in [1.165, 1.54) is 101 Å². The van der Waals surface area contributed by atoms with Crippen LogP contribution in [-0.2, 0) is 6.42 Å². The zero-order chi connectivity index (χ0) is 21.9.